The molecule has 0 bridgehead atoms. The Balaban J connectivity index is 1.69. The van der Waals surface area contributed by atoms with Gasteiger partial charge in [0.05, 0.1) is 14.2 Å². The number of hydrogen-bond donors (Lipinski definition) is 0. The number of hydrogen-bond acceptors (Lipinski definition) is 5. The molecule has 0 fully saturated rings. The highest BCUT2D eigenvalue weighted by Gasteiger charge is 2.39. The summed E-state index contributed by atoms with van der Waals surface area (Å²) in [5.74, 6) is 0.746. The van der Waals surface area contributed by atoms with E-state index in [1.807, 2.05) is 66.7 Å². The zero-order chi connectivity index (χ0) is 18.8. The SMILES string of the molecule is COC(=O)[C@H]1N=C(c2ccc(OC)cc2)O[C@H]1c1ccc2ccccc2c1. The molecule has 3 aromatic rings. The minimum atomic E-state index is -0.742. The lowest BCUT2D eigenvalue weighted by Crippen LogP contribution is -2.25. The molecule has 3 aromatic carbocycles. The molecule has 5 nitrogen and oxygen atoms in total. The minimum Gasteiger partial charge on any atom is -0.497 e. The quantitative estimate of drug-likeness (QED) is 0.661. The summed E-state index contributed by atoms with van der Waals surface area (Å²) < 4.78 is 16.2. The van der Waals surface area contributed by atoms with Gasteiger partial charge in [-0.1, -0.05) is 36.4 Å². The fourth-order valence-corrected chi connectivity index (χ4v) is 3.22. The smallest absolute Gasteiger partial charge is 0.335 e. The van der Waals surface area contributed by atoms with Crippen LogP contribution in [0, 0.1) is 0 Å². The molecule has 4 rings (SSSR count). The summed E-state index contributed by atoms with van der Waals surface area (Å²) in [7, 11) is 2.97. The first-order chi connectivity index (χ1) is 13.2. The first kappa shape index (κ1) is 17.1. The third kappa shape index (κ3) is 3.24. The Labute approximate surface area is 157 Å². The van der Waals surface area contributed by atoms with E-state index >= 15 is 0 Å². The lowest BCUT2D eigenvalue weighted by Gasteiger charge is -2.17. The first-order valence-corrected chi connectivity index (χ1v) is 8.65. The molecule has 0 saturated heterocycles. The van der Waals surface area contributed by atoms with Gasteiger partial charge in [0.15, 0.2) is 12.1 Å². The van der Waals surface area contributed by atoms with Crippen LogP contribution in [0.5, 0.6) is 5.75 Å². The third-order valence-corrected chi connectivity index (χ3v) is 4.66. The zero-order valence-electron chi connectivity index (χ0n) is 15.1. The predicted octanol–water partition coefficient (Wildman–Crippen LogP) is 3.91. The number of carbonyl (C=O) groups is 1. The van der Waals surface area contributed by atoms with E-state index < -0.39 is 18.1 Å². The molecule has 0 N–H and O–H groups in total. The van der Waals surface area contributed by atoms with Crippen LogP contribution in [0.2, 0.25) is 0 Å². The van der Waals surface area contributed by atoms with Gasteiger partial charge in [-0.3, -0.25) is 0 Å². The number of ether oxygens (including phenoxy) is 3. The molecule has 0 aromatic heterocycles. The molecule has 0 radical (unpaired) electrons. The topological polar surface area (TPSA) is 57.1 Å². The lowest BCUT2D eigenvalue weighted by atomic mass is 9.99. The number of fused-ring (bicyclic) bond motifs is 1. The molecule has 2 atom stereocenters. The molecule has 0 aliphatic carbocycles. The Morgan fingerprint density at radius 1 is 0.963 bits per heavy atom. The highest BCUT2D eigenvalue weighted by Crippen LogP contribution is 2.33. The maximum atomic E-state index is 12.3. The van der Waals surface area contributed by atoms with E-state index in [0.717, 1.165) is 27.6 Å². The number of carbonyl (C=O) groups excluding carboxylic acids is 1. The van der Waals surface area contributed by atoms with Gasteiger partial charge < -0.3 is 14.2 Å². The average Bonchev–Trinajstić information content (AvgIpc) is 3.18. The Morgan fingerprint density at radius 3 is 2.41 bits per heavy atom. The van der Waals surface area contributed by atoms with Crippen molar-refractivity contribution in [2.45, 2.75) is 12.1 Å². The summed E-state index contributed by atoms with van der Waals surface area (Å²) in [4.78, 5) is 16.8. The van der Waals surface area contributed by atoms with Crippen molar-refractivity contribution in [1.82, 2.24) is 0 Å². The standard InChI is InChI=1S/C22H19NO4/c1-25-18-11-9-15(10-12-18)21-23-19(22(24)26-2)20(27-21)17-8-7-14-5-3-4-6-16(14)13-17/h3-13,19-20H,1-2H3/t19-,20-/m0/s1. The Bertz CT molecular complexity index is 1010. The molecule has 0 saturated carbocycles. The molecule has 136 valence electrons. The molecule has 1 aliphatic rings. The van der Waals surface area contributed by atoms with E-state index in [0.29, 0.717) is 5.90 Å². The van der Waals surface area contributed by atoms with Gasteiger partial charge in [-0.05, 0) is 46.7 Å². The van der Waals surface area contributed by atoms with E-state index in [2.05, 4.69) is 4.99 Å². The summed E-state index contributed by atoms with van der Waals surface area (Å²) in [5.41, 5.74) is 1.67. The number of aliphatic imine (C=N–C) groups is 1. The normalized spacial score (nSPS) is 18.7. The van der Waals surface area contributed by atoms with Gasteiger partial charge in [-0.2, -0.15) is 0 Å². The first-order valence-electron chi connectivity index (χ1n) is 8.65. The maximum Gasteiger partial charge on any atom is 0.335 e. The number of nitrogens with zero attached hydrogens (tertiary/aromatic N) is 1. The van der Waals surface area contributed by atoms with Gasteiger partial charge >= 0.3 is 5.97 Å². The number of methoxy groups -OCH3 is 2. The summed E-state index contributed by atoms with van der Waals surface area (Å²) >= 11 is 0. The number of esters is 1. The van der Waals surface area contributed by atoms with Crippen molar-refractivity contribution in [3.63, 3.8) is 0 Å². The van der Waals surface area contributed by atoms with Gasteiger partial charge in [0.2, 0.25) is 5.90 Å². The molecular weight excluding hydrogens is 342 g/mol. The van der Waals surface area contributed by atoms with Gasteiger partial charge in [0, 0.05) is 5.56 Å². The molecule has 5 heteroatoms. The Morgan fingerprint density at radius 2 is 1.70 bits per heavy atom. The summed E-state index contributed by atoms with van der Waals surface area (Å²) in [5, 5.41) is 2.21. The zero-order valence-corrected chi connectivity index (χ0v) is 15.1. The largest absolute Gasteiger partial charge is 0.497 e. The van der Waals surface area contributed by atoms with Gasteiger partial charge in [-0.25, -0.2) is 9.79 Å². The van der Waals surface area contributed by atoms with Crippen LogP contribution < -0.4 is 4.74 Å². The monoisotopic (exact) mass is 361 g/mol. The fourth-order valence-electron chi connectivity index (χ4n) is 3.22. The van der Waals surface area contributed by atoms with Crippen molar-refractivity contribution in [1.29, 1.82) is 0 Å². The van der Waals surface area contributed by atoms with Crippen molar-refractivity contribution in [2.24, 2.45) is 4.99 Å². The van der Waals surface area contributed by atoms with Crippen LogP contribution in [0.3, 0.4) is 0 Å². The summed E-state index contributed by atoms with van der Waals surface area (Å²) in [6.45, 7) is 0. The van der Waals surface area contributed by atoms with Crippen LogP contribution in [0.1, 0.15) is 17.2 Å². The molecular formula is C22H19NO4. The van der Waals surface area contributed by atoms with Gasteiger partial charge in [0.1, 0.15) is 5.75 Å². The van der Waals surface area contributed by atoms with E-state index in [9.17, 15) is 4.79 Å². The molecule has 0 unspecified atom stereocenters. The molecule has 1 heterocycles. The van der Waals surface area contributed by atoms with Gasteiger partial charge in [0.25, 0.3) is 0 Å². The molecule has 1 aliphatic heterocycles. The van der Waals surface area contributed by atoms with Crippen LogP contribution in [0.25, 0.3) is 10.8 Å². The number of rotatable bonds is 4. The van der Waals surface area contributed by atoms with Crippen LogP contribution in [-0.4, -0.2) is 32.1 Å². The highest BCUT2D eigenvalue weighted by atomic mass is 16.5. The lowest BCUT2D eigenvalue weighted by molar-refractivity contribution is -0.143. The molecule has 0 amide bonds. The van der Waals surface area contributed by atoms with E-state index in [-0.39, 0.29) is 0 Å². The fraction of sp³-hybridized carbons (Fsp3) is 0.182. The van der Waals surface area contributed by atoms with Crippen molar-refractivity contribution < 1.29 is 19.0 Å². The maximum absolute atomic E-state index is 12.3. The minimum absolute atomic E-state index is 0.420. The van der Waals surface area contributed by atoms with E-state index in [1.54, 1.807) is 7.11 Å². The van der Waals surface area contributed by atoms with Crippen molar-refractivity contribution in [3.05, 3.63) is 77.9 Å². The van der Waals surface area contributed by atoms with Crippen LogP contribution >= 0.6 is 0 Å². The average molecular weight is 361 g/mol. The number of benzene rings is 3. The van der Waals surface area contributed by atoms with E-state index in [4.69, 9.17) is 14.2 Å². The molecule has 27 heavy (non-hydrogen) atoms. The van der Waals surface area contributed by atoms with E-state index in [1.165, 1.54) is 7.11 Å². The summed E-state index contributed by atoms with van der Waals surface area (Å²) in [6.07, 6.45) is -0.529. The summed E-state index contributed by atoms with van der Waals surface area (Å²) in [6, 6.07) is 20.7. The second-order valence-electron chi connectivity index (χ2n) is 6.28. The Kier molecular flexibility index (Phi) is 4.50. The Hall–Kier alpha value is -3.34. The van der Waals surface area contributed by atoms with Crippen LogP contribution in [0.4, 0.5) is 0 Å². The highest BCUT2D eigenvalue weighted by molar-refractivity contribution is 5.98. The second kappa shape index (κ2) is 7.11. The van der Waals surface area contributed by atoms with Gasteiger partial charge in [-0.15, -0.1) is 0 Å². The van der Waals surface area contributed by atoms with Crippen molar-refractivity contribution >= 4 is 22.6 Å². The van der Waals surface area contributed by atoms with Crippen molar-refractivity contribution in [3.8, 4) is 5.75 Å². The predicted molar refractivity (Wildman–Crippen MR) is 103 cm³/mol. The second-order valence-corrected chi connectivity index (χ2v) is 6.28. The van der Waals surface area contributed by atoms with Crippen LogP contribution in [-0.2, 0) is 14.3 Å². The molecule has 0 spiro atoms. The third-order valence-electron chi connectivity index (χ3n) is 4.66. The van der Waals surface area contributed by atoms with Crippen molar-refractivity contribution in [2.75, 3.05) is 14.2 Å². The van der Waals surface area contributed by atoms with Crippen LogP contribution in [0.15, 0.2) is 71.7 Å².